The zero-order chi connectivity index (χ0) is 15.6. The van der Waals surface area contributed by atoms with E-state index in [1.165, 1.54) is 0 Å². The molecule has 114 valence electrons. The summed E-state index contributed by atoms with van der Waals surface area (Å²) in [6.07, 6.45) is -0.0335. The van der Waals surface area contributed by atoms with Crippen LogP contribution in [0.4, 0.5) is 10.1 Å². The van der Waals surface area contributed by atoms with Crippen LogP contribution in [0.2, 0.25) is 0 Å². The fourth-order valence-corrected chi connectivity index (χ4v) is 3.56. The van der Waals surface area contributed by atoms with Gasteiger partial charge in [0, 0.05) is 26.1 Å². The van der Waals surface area contributed by atoms with E-state index in [1.807, 2.05) is 0 Å². The maximum absolute atomic E-state index is 13.1. The molecule has 0 radical (unpaired) electrons. The Morgan fingerprint density at radius 3 is 2.71 bits per heavy atom. The Labute approximate surface area is 119 Å². The van der Waals surface area contributed by atoms with Gasteiger partial charge in [0.25, 0.3) is 5.69 Å². The van der Waals surface area contributed by atoms with Crippen LogP contribution in [0.3, 0.4) is 0 Å². The van der Waals surface area contributed by atoms with Gasteiger partial charge in [0.05, 0.1) is 11.0 Å². The first-order chi connectivity index (χ1) is 9.82. The van der Waals surface area contributed by atoms with Crippen LogP contribution in [0, 0.1) is 15.9 Å². The quantitative estimate of drug-likeness (QED) is 0.634. The molecule has 1 fully saturated rings. The molecule has 1 amide bonds. The Kier molecular flexibility index (Phi) is 4.19. The molecule has 21 heavy (non-hydrogen) atoms. The maximum atomic E-state index is 13.1. The van der Waals surface area contributed by atoms with Gasteiger partial charge >= 0.3 is 0 Å². The monoisotopic (exact) mass is 317 g/mol. The highest BCUT2D eigenvalue weighted by Gasteiger charge is 2.33. The van der Waals surface area contributed by atoms with Crippen LogP contribution in [0.1, 0.15) is 6.42 Å². The number of nitrogens with zero attached hydrogens (tertiary/aromatic N) is 2. The molecule has 1 N–H and O–H groups in total. The molecule has 2 rings (SSSR count). The van der Waals surface area contributed by atoms with Crippen molar-refractivity contribution in [2.75, 3.05) is 19.6 Å². The predicted octanol–water partition coefficient (Wildman–Crippen LogP) is 0.245. The second-order valence-corrected chi connectivity index (χ2v) is 6.28. The summed E-state index contributed by atoms with van der Waals surface area (Å²) in [5, 5.41) is 13.4. The second kappa shape index (κ2) is 5.74. The van der Waals surface area contributed by atoms with Crippen molar-refractivity contribution >= 4 is 21.6 Å². The lowest BCUT2D eigenvalue weighted by Crippen LogP contribution is -2.34. The standard InChI is InChI=1S/C11H12FN3O5S/c12-8-1-2-10(9(7-8)15(17)18)21(19,20)14-5-3-11(16)13-4-6-14/h1-2,7H,3-6H2,(H,13,16). The maximum Gasteiger partial charge on any atom is 0.292 e. The summed E-state index contributed by atoms with van der Waals surface area (Å²) in [5.74, 6) is -1.19. The molecule has 1 heterocycles. The molecule has 0 unspecified atom stereocenters. The van der Waals surface area contributed by atoms with Crippen LogP contribution >= 0.6 is 0 Å². The highest BCUT2D eigenvalue weighted by atomic mass is 32.2. The molecule has 1 aliphatic rings. The van der Waals surface area contributed by atoms with E-state index in [-0.39, 0.29) is 32.0 Å². The lowest BCUT2D eigenvalue weighted by atomic mass is 10.3. The summed E-state index contributed by atoms with van der Waals surface area (Å²) >= 11 is 0. The first-order valence-corrected chi connectivity index (χ1v) is 7.47. The van der Waals surface area contributed by atoms with Crippen molar-refractivity contribution in [2.45, 2.75) is 11.3 Å². The molecule has 0 spiro atoms. The molecule has 8 nitrogen and oxygen atoms in total. The minimum absolute atomic E-state index is 0.00258. The van der Waals surface area contributed by atoms with Crippen LogP contribution < -0.4 is 5.32 Å². The molecule has 1 saturated heterocycles. The van der Waals surface area contributed by atoms with Gasteiger partial charge in [0.1, 0.15) is 5.82 Å². The number of benzene rings is 1. The van der Waals surface area contributed by atoms with Gasteiger partial charge in [-0.3, -0.25) is 14.9 Å². The van der Waals surface area contributed by atoms with E-state index in [0.717, 1.165) is 16.4 Å². The van der Waals surface area contributed by atoms with Crippen LogP contribution in [0.15, 0.2) is 23.1 Å². The number of amides is 1. The van der Waals surface area contributed by atoms with E-state index in [2.05, 4.69) is 5.32 Å². The number of nitro groups is 1. The van der Waals surface area contributed by atoms with Crippen molar-refractivity contribution < 1.29 is 22.5 Å². The third kappa shape index (κ3) is 3.16. The largest absolute Gasteiger partial charge is 0.355 e. The van der Waals surface area contributed by atoms with Gasteiger partial charge in [-0.1, -0.05) is 0 Å². The molecule has 0 atom stereocenters. The molecule has 0 aromatic heterocycles. The van der Waals surface area contributed by atoms with Crippen LogP contribution in [-0.2, 0) is 14.8 Å². The smallest absolute Gasteiger partial charge is 0.292 e. The van der Waals surface area contributed by atoms with Crippen molar-refractivity contribution in [3.8, 4) is 0 Å². The third-order valence-electron chi connectivity index (χ3n) is 3.01. The number of carbonyl (C=O) groups excluding carboxylic acids is 1. The van der Waals surface area contributed by atoms with Crippen LogP contribution in [0.5, 0.6) is 0 Å². The van der Waals surface area contributed by atoms with E-state index in [1.54, 1.807) is 0 Å². The van der Waals surface area contributed by atoms with Crippen molar-refractivity contribution in [3.63, 3.8) is 0 Å². The lowest BCUT2D eigenvalue weighted by Gasteiger charge is -2.19. The van der Waals surface area contributed by atoms with Crippen molar-refractivity contribution in [1.82, 2.24) is 9.62 Å². The number of nitro benzene ring substituents is 1. The predicted molar refractivity (Wildman–Crippen MR) is 69.4 cm³/mol. The van der Waals surface area contributed by atoms with E-state index < -0.39 is 31.3 Å². The van der Waals surface area contributed by atoms with E-state index >= 15 is 0 Å². The summed E-state index contributed by atoms with van der Waals surface area (Å²) in [5.41, 5.74) is -0.821. The van der Waals surface area contributed by atoms with E-state index in [0.29, 0.717) is 6.07 Å². The average molecular weight is 317 g/mol. The van der Waals surface area contributed by atoms with Gasteiger partial charge in [-0.05, 0) is 12.1 Å². The topological polar surface area (TPSA) is 110 Å². The molecule has 1 aromatic carbocycles. The first kappa shape index (κ1) is 15.3. The van der Waals surface area contributed by atoms with Crippen molar-refractivity contribution in [2.24, 2.45) is 0 Å². The molecular formula is C11H12FN3O5S. The molecular weight excluding hydrogens is 305 g/mol. The van der Waals surface area contributed by atoms with Crippen molar-refractivity contribution in [3.05, 3.63) is 34.1 Å². The van der Waals surface area contributed by atoms with Crippen LogP contribution in [-0.4, -0.2) is 43.2 Å². The number of nitrogens with one attached hydrogen (secondary N) is 1. The number of sulfonamides is 1. The van der Waals surface area contributed by atoms with Gasteiger partial charge in [-0.25, -0.2) is 12.8 Å². The summed E-state index contributed by atoms with van der Waals surface area (Å²) in [4.78, 5) is 20.6. The molecule has 0 aliphatic carbocycles. The van der Waals surface area contributed by atoms with Gasteiger partial charge in [-0.2, -0.15) is 4.31 Å². The first-order valence-electron chi connectivity index (χ1n) is 6.03. The number of hydrogen-bond acceptors (Lipinski definition) is 5. The van der Waals surface area contributed by atoms with Gasteiger partial charge in [-0.15, -0.1) is 0 Å². The molecule has 1 aliphatic heterocycles. The SMILES string of the molecule is O=C1CCN(S(=O)(=O)c2ccc(F)cc2[N+](=O)[O-])CCN1. The Morgan fingerprint density at radius 1 is 1.33 bits per heavy atom. The van der Waals surface area contributed by atoms with E-state index in [4.69, 9.17) is 0 Å². The number of hydrogen-bond donors (Lipinski definition) is 1. The van der Waals surface area contributed by atoms with Crippen LogP contribution in [0.25, 0.3) is 0 Å². The fourth-order valence-electron chi connectivity index (χ4n) is 1.98. The molecule has 10 heteroatoms. The van der Waals surface area contributed by atoms with Gasteiger partial charge in [0.2, 0.25) is 15.9 Å². The second-order valence-electron chi connectivity index (χ2n) is 4.37. The van der Waals surface area contributed by atoms with Crippen molar-refractivity contribution in [1.29, 1.82) is 0 Å². The summed E-state index contributed by atoms with van der Waals surface area (Å²) < 4.78 is 39.0. The average Bonchev–Trinajstić information content (AvgIpc) is 2.63. The Morgan fingerprint density at radius 2 is 2.05 bits per heavy atom. The Balaban J connectivity index is 2.44. The normalized spacial score (nSPS) is 17.1. The summed E-state index contributed by atoms with van der Waals surface area (Å²) in [6, 6.07) is 2.28. The fraction of sp³-hybridized carbons (Fsp3) is 0.364. The zero-order valence-electron chi connectivity index (χ0n) is 10.8. The summed E-state index contributed by atoms with van der Waals surface area (Å²) in [6.45, 7) is 0.0400. The third-order valence-corrected chi connectivity index (χ3v) is 4.95. The van der Waals surface area contributed by atoms with E-state index in [9.17, 15) is 27.7 Å². The number of halogens is 1. The molecule has 0 bridgehead atoms. The Hall–Kier alpha value is -2.07. The minimum atomic E-state index is -4.17. The highest BCUT2D eigenvalue weighted by molar-refractivity contribution is 7.89. The van der Waals surface area contributed by atoms with Gasteiger partial charge in [0.15, 0.2) is 4.90 Å². The summed E-state index contributed by atoms with van der Waals surface area (Å²) in [7, 11) is -4.17. The minimum Gasteiger partial charge on any atom is -0.355 e. The number of rotatable bonds is 3. The highest BCUT2D eigenvalue weighted by Crippen LogP contribution is 2.27. The lowest BCUT2D eigenvalue weighted by molar-refractivity contribution is -0.388. The molecule has 0 saturated carbocycles. The zero-order valence-corrected chi connectivity index (χ0v) is 11.6. The molecule has 1 aromatic rings. The Bertz CT molecular complexity index is 691. The van der Waals surface area contributed by atoms with Gasteiger partial charge < -0.3 is 5.32 Å². The number of carbonyl (C=O) groups is 1.